The van der Waals surface area contributed by atoms with Crippen LogP contribution in [0.4, 0.5) is 0 Å². The Bertz CT molecular complexity index is 1190. The van der Waals surface area contributed by atoms with Crippen LogP contribution in [0.5, 0.6) is 5.75 Å². The third-order valence-corrected chi connectivity index (χ3v) is 5.01. The minimum Gasteiger partial charge on any atom is -0.508 e. The predicted octanol–water partition coefficient (Wildman–Crippen LogP) is 3.58. The molecule has 0 aliphatic rings. The maximum Gasteiger partial charge on any atom is 0.336 e. The molecule has 0 saturated heterocycles. The molecule has 2 aromatic carbocycles. The summed E-state index contributed by atoms with van der Waals surface area (Å²) < 4.78 is 10.4. The molecule has 7 heteroatoms. The summed E-state index contributed by atoms with van der Waals surface area (Å²) in [5, 5.41) is 12.9. The number of phenols is 1. The first-order valence-electron chi connectivity index (χ1n) is 9.86. The third-order valence-electron chi connectivity index (χ3n) is 5.01. The number of aryl methyl sites for hydroxylation is 1. The van der Waals surface area contributed by atoms with E-state index < -0.39 is 11.6 Å². The van der Waals surface area contributed by atoms with E-state index in [2.05, 4.69) is 26.1 Å². The summed E-state index contributed by atoms with van der Waals surface area (Å²) in [6, 6.07) is 11.5. The van der Waals surface area contributed by atoms with Crippen molar-refractivity contribution in [3.05, 3.63) is 75.1 Å². The molecule has 3 rings (SSSR count). The van der Waals surface area contributed by atoms with E-state index in [0.717, 1.165) is 5.56 Å². The number of phenolic OH excluding ortho intramolecular Hbond substituents is 1. The molecule has 0 radical (unpaired) electrons. The summed E-state index contributed by atoms with van der Waals surface area (Å²) in [5.41, 5.74) is 2.04. The van der Waals surface area contributed by atoms with Gasteiger partial charge in [0.2, 0.25) is 0 Å². The molecule has 0 aliphatic carbocycles. The molecule has 0 fully saturated rings. The van der Waals surface area contributed by atoms with Gasteiger partial charge in [-0.05, 0) is 42.2 Å². The molecule has 0 aliphatic heterocycles. The second-order valence-electron chi connectivity index (χ2n) is 8.35. The normalized spacial score (nSPS) is 11.4. The van der Waals surface area contributed by atoms with Crippen LogP contribution in [0.3, 0.4) is 0 Å². The standard InChI is InChI=1S/C24H25NO6/c1-14-19(26)10-9-18-16(11-20(27)31-22(14)18)13-30-21(28)12-25-23(29)15-5-7-17(8-6-15)24(2,3)4/h5-11,26H,12-13H2,1-4H3,(H,25,29). The van der Waals surface area contributed by atoms with Crippen molar-refractivity contribution in [1.29, 1.82) is 0 Å². The Morgan fingerprint density at radius 2 is 1.77 bits per heavy atom. The number of hydrogen-bond acceptors (Lipinski definition) is 6. The number of carbonyl (C=O) groups excluding carboxylic acids is 2. The molecule has 0 saturated carbocycles. The Hall–Kier alpha value is -3.61. The lowest BCUT2D eigenvalue weighted by molar-refractivity contribution is -0.143. The average Bonchev–Trinajstić information content (AvgIpc) is 2.72. The van der Waals surface area contributed by atoms with E-state index in [1.54, 1.807) is 25.1 Å². The molecule has 1 heterocycles. The van der Waals surface area contributed by atoms with Gasteiger partial charge in [0.05, 0.1) is 0 Å². The number of ether oxygens (including phenoxy) is 1. The van der Waals surface area contributed by atoms with Gasteiger partial charge in [-0.2, -0.15) is 0 Å². The fraction of sp³-hybridized carbons (Fsp3) is 0.292. The van der Waals surface area contributed by atoms with Crippen LogP contribution in [-0.4, -0.2) is 23.5 Å². The molecule has 1 amide bonds. The molecule has 31 heavy (non-hydrogen) atoms. The number of rotatable bonds is 5. The number of benzene rings is 2. The third kappa shape index (κ3) is 5.12. The zero-order valence-corrected chi connectivity index (χ0v) is 17.9. The topological polar surface area (TPSA) is 106 Å². The summed E-state index contributed by atoms with van der Waals surface area (Å²) in [7, 11) is 0. The molecule has 0 atom stereocenters. The predicted molar refractivity (Wildman–Crippen MR) is 116 cm³/mol. The fourth-order valence-corrected chi connectivity index (χ4v) is 3.12. The number of fused-ring (bicyclic) bond motifs is 1. The number of aromatic hydroxyl groups is 1. The van der Waals surface area contributed by atoms with Crippen LogP contribution in [0.2, 0.25) is 0 Å². The maximum absolute atomic E-state index is 12.3. The van der Waals surface area contributed by atoms with Crippen LogP contribution in [0.15, 0.2) is 51.7 Å². The van der Waals surface area contributed by atoms with Crippen molar-refractivity contribution < 1.29 is 23.8 Å². The van der Waals surface area contributed by atoms with Crippen LogP contribution in [-0.2, 0) is 21.6 Å². The quantitative estimate of drug-likeness (QED) is 0.480. The molecule has 7 nitrogen and oxygen atoms in total. The van der Waals surface area contributed by atoms with Gasteiger partial charge in [0.15, 0.2) is 0 Å². The highest BCUT2D eigenvalue weighted by molar-refractivity contribution is 5.96. The van der Waals surface area contributed by atoms with E-state index in [1.807, 2.05) is 12.1 Å². The van der Waals surface area contributed by atoms with E-state index in [-0.39, 0.29) is 35.8 Å². The van der Waals surface area contributed by atoms with E-state index in [4.69, 9.17) is 9.15 Å². The van der Waals surface area contributed by atoms with Gasteiger partial charge in [-0.25, -0.2) is 4.79 Å². The number of amides is 1. The van der Waals surface area contributed by atoms with Crippen LogP contribution in [0, 0.1) is 6.92 Å². The Kier molecular flexibility index (Phi) is 6.15. The van der Waals surface area contributed by atoms with Gasteiger partial charge in [0, 0.05) is 28.1 Å². The van der Waals surface area contributed by atoms with Gasteiger partial charge in [-0.1, -0.05) is 32.9 Å². The van der Waals surface area contributed by atoms with E-state index >= 15 is 0 Å². The monoisotopic (exact) mass is 423 g/mol. The second-order valence-corrected chi connectivity index (χ2v) is 8.35. The molecule has 0 unspecified atom stereocenters. The smallest absolute Gasteiger partial charge is 0.336 e. The Labute approximate surface area is 179 Å². The molecule has 2 N–H and O–H groups in total. The van der Waals surface area contributed by atoms with Crippen LogP contribution in [0.1, 0.15) is 47.8 Å². The molecule has 0 bridgehead atoms. The van der Waals surface area contributed by atoms with Gasteiger partial charge < -0.3 is 19.6 Å². The van der Waals surface area contributed by atoms with Gasteiger partial charge in [-0.3, -0.25) is 9.59 Å². The van der Waals surface area contributed by atoms with Crippen molar-refractivity contribution in [3.63, 3.8) is 0 Å². The van der Waals surface area contributed by atoms with E-state index in [0.29, 0.717) is 22.1 Å². The fourth-order valence-electron chi connectivity index (χ4n) is 3.12. The first-order chi connectivity index (χ1) is 14.6. The Morgan fingerprint density at radius 3 is 2.42 bits per heavy atom. The van der Waals surface area contributed by atoms with Gasteiger partial charge >= 0.3 is 11.6 Å². The zero-order valence-electron chi connectivity index (χ0n) is 17.9. The van der Waals surface area contributed by atoms with Crippen molar-refractivity contribution in [2.75, 3.05) is 6.54 Å². The van der Waals surface area contributed by atoms with Gasteiger partial charge in [0.1, 0.15) is 24.5 Å². The average molecular weight is 423 g/mol. The summed E-state index contributed by atoms with van der Waals surface area (Å²) in [6.07, 6.45) is 0. The van der Waals surface area contributed by atoms with E-state index in [1.165, 1.54) is 12.1 Å². The van der Waals surface area contributed by atoms with Crippen LogP contribution < -0.4 is 10.9 Å². The lowest BCUT2D eigenvalue weighted by Crippen LogP contribution is -2.30. The van der Waals surface area contributed by atoms with Crippen molar-refractivity contribution in [1.82, 2.24) is 5.32 Å². The van der Waals surface area contributed by atoms with Crippen molar-refractivity contribution >= 4 is 22.8 Å². The lowest BCUT2D eigenvalue weighted by atomic mass is 9.87. The summed E-state index contributed by atoms with van der Waals surface area (Å²) in [6.45, 7) is 7.41. The largest absolute Gasteiger partial charge is 0.508 e. The number of nitrogens with one attached hydrogen (secondary N) is 1. The van der Waals surface area contributed by atoms with Crippen LogP contribution in [0.25, 0.3) is 11.0 Å². The molecule has 1 aromatic heterocycles. The maximum atomic E-state index is 12.3. The zero-order chi connectivity index (χ0) is 22.8. The second kappa shape index (κ2) is 8.63. The summed E-state index contributed by atoms with van der Waals surface area (Å²) in [5.74, 6) is -1.02. The molecule has 162 valence electrons. The summed E-state index contributed by atoms with van der Waals surface area (Å²) in [4.78, 5) is 36.2. The van der Waals surface area contributed by atoms with Crippen molar-refractivity contribution in [3.8, 4) is 5.75 Å². The number of carbonyl (C=O) groups is 2. The lowest BCUT2D eigenvalue weighted by Gasteiger charge is -2.19. The van der Waals surface area contributed by atoms with Gasteiger partial charge in [0.25, 0.3) is 5.91 Å². The number of hydrogen-bond donors (Lipinski definition) is 2. The molecule has 0 spiro atoms. The number of esters is 1. The highest BCUT2D eigenvalue weighted by Gasteiger charge is 2.16. The SMILES string of the molecule is Cc1c(O)ccc2c(COC(=O)CNC(=O)c3ccc(C(C)(C)C)cc3)cc(=O)oc12. The van der Waals surface area contributed by atoms with Crippen LogP contribution >= 0.6 is 0 Å². The van der Waals surface area contributed by atoms with Crippen molar-refractivity contribution in [2.24, 2.45) is 0 Å². The minimum absolute atomic E-state index is 0.00281. The Morgan fingerprint density at radius 1 is 1.10 bits per heavy atom. The minimum atomic E-state index is -0.642. The first-order valence-corrected chi connectivity index (χ1v) is 9.86. The Balaban J connectivity index is 1.61. The molecule has 3 aromatic rings. The highest BCUT2D eigenvalue weighted by atomic mass is 16.5. The van der Waals surface area contributed by atoms with E-state index in [9.17, 15) is 19.5 Å². The first kappa shape index (κ1) is 22.1. The highest BCUT2D eigenvalue weighted by Crippen LogP contribution is 2.27. The van der Waals surface area contributed by atoms with Crippen molar-refractivity contribution in [2.45, 2.75) is 39.7 Å². The molecular formula is C24H25NO6. The van der Waals surface area contributed by atoms with Gasteiger partial charge in [-0.15, -0.1) is 0 Å². The summed E-state index contributed by atoms with van der Waals surface area (Å²) >= 11 is 0. The molecular weight excluding hydrogens is 398 g/mol.